The highest BCUT2D eigenvalue weighted by Crippen LogP contribution is 2.22. The molecule has 1 aromatic carbocycles. The van der Waals surface area contributed by atoms with E-state index in [0.717, 1.165) is 17.1 Å². The molecule has 2 N–H and O–H groups in total. The summed E-state index contributed by atoms with van der Waals surface area (Å²) in [6.45, 7) is 0.468. The van der Waals surface area contributed by atoms with E-state index in [1.165, 1.54) is 0 Å². The van der Waals surface area contributed by atoms with Gasteiger partial charge in [0.2, 0.25) is 0 Å². The van der Waals surface area contributed by atoms with Gasteiger partial charge >= 0.3 is 0 Å². The van der Waals surface area contributed by atoms with Gasteiger partial charge in [0.1, 0.15) is 11.5 Å². The zero-order chi connectivity index (χ0) is 11.8. The highest BCUT2D eigenvalue weighted by Gasteiger charge is 2.01. The van der Waals surface area contributed by atoms with Crippen molar-refractivity contribution in [3.8, 4) is 11.5 Å². The van der Waals surface area contributed by atoms with Crippen molar-refractivity contribution < 1.29 is 14.6 Å². The van der Waals surface area contributed by atoms with Crippen LogP contribution in [-0.2, 0) is 0 Å². The fraction of sp³-hybridized carbons (Fsp3) is 0.364. The van der Waals surface area contributed by atoms with E-state index < -0.39 is 0 Å². The minimum atomic E-state index is 0.0482. The van der Waals surface area contributed by atoms with Crippen molar-refractivity contribution in [2.75, 3.05) is 27.4 Å². The number of hydrogen-bond acceptors (Lipinski definition) is 5. The molecule has 0 spiro atoms. The second-order valence-electron chi connectivity index (χ2n) is 3.00. The molecule has 5 heteroatoms. The summed E-state index contributed by atoms with van der Waals surface area (Å²) < 4.78 is 10.3. The number of hydrogen-bond donors (Lipinski definition) is 2. The minimum Gasteiger partial charge on any atom is -0.497 e. The van der Waals surface area contributed by atoms with Crippen LogP contribution >= 0.6 is 0 Å². The lowest BCUT2D eigenvalue weighted by atomic mass is 10.2. The standard InChI is InChI=1S/C11H16N2O3/c1-15-10-3-4-11(16-2)9(7-10)8-13-12-5-6-14/h3-4,7-8,12,14H,5-6H2,1-2H3. The first-order valence-corrected chi connectivity index (χ1v) is 4.90. The van der Waals surface area contributed by atoms with Crippen molar-refractivity contribution in [1.29, 1.82) is 0 Å². The summed E-state index contributed by atoms with van der Waals surface area (Å²) >= 11 is 0. The topological polar surface area (TPSA) is 63.1 Å². The Hall–Kier alpha value is -1.75. The molecule has 0 fully saturated rings. The maximum absolute atomic E-state index is 8.57. The van der Waals surface area contributed by atoms with Gasteiger partial charge in [-0.15, -0.1) is 0 Å². The molecule has 0 aliphatic carbocycles. The second-order valence-corrected chi connectivity index (χ2v) is 3.00. The lowest BCUT2D eigenvalue weighted by Crippen LogP contribution is -2.11. The number of aliphatic hydroxyl groups is 1. The van der Waals surface area contributed by atoms with Crippen LogP contribution in [0.4, 0.5) is 0 Å². The first-order valence-electron chi connectivity index (χ1n) is 4.90. The van der Waals surface area contributed by atoms with Crippen molar-refractivity contribution in [3.05, 3.63) is 23.8 Å². The van der Waals surface area contributed by atoms with E-state index in [1.807, 2.05) is 18.2 Å². The van der Waals surface area contributed by atoms with Gasteiger partial charge in [-0.25, -0.2) is 0 Å². The van der Waals surface area contributed by atoms with Crippen LogP contribution in [0.25, 0.3) is 0 Å². The van der Waals surface area contributed by atoms with Crippen LogP contribution in [0.3, 0.4) is 0 Å². The van der Waals surface area contributed by atoms with Gasteiger partial charge in [-0.3, -0.25) is 0 Å². The van der Waals surface area contributed by atoms with E-state index in [1.54, 1.807) is 20.4 Å². The summed E-state index contributed by atoms with van der Waals surface area (Å²) in [5.41, 5.74) is 3.51. The van der Waals surface area contributed by atoms with E-state index in [-0.39, 0.29) is 6.61 Å². The summed E-state index contributed by atoms with van der Waals surface area (Å²) in [6, 6.07) is 5.45. The molecule has 0 aliphatic rings. The molecule has 1 aromatic rings. The third-order valence-corrected chi connectivity index (χ3v) is 1.96. The highest BCUT2D eigenvalue weighted by molar-refractivity contribution is 5.84. The normalized spacial score (nSPS) is 10.4. The number of hydrazone groups is 1. The summed E-state index contributed by atoms with van der Waals surface area (Å²) in [4.78, 5) is 0. The first kappa shape index (κ1) is 12.3. The van der Waals surface area contributed by atoms with Crippen LogP contribution in [0.5, 0.6) is 11.5 Å². The van der Waals surface area contributed by atoms with E-state index in [9.17, 15) is 0 Å². The number of rotatable bonds is 6. The Morgan fingerprint density at radius 2 is 2.19 bits per heavy atom. The van der Waals surface area contributed by atoms with Gasteiger partial charge in [-0.05, 0) is 18.2 Å². The van der Waals surface area contributed by atoms with Crippen molar-refractivity contribution in [3.63, 3.8) is 0 Å². The van der Waals surface area contributed by atoms with Gasteiger partial charge in [0.15, 0.2) is 0 Å². The Balaban J connectivity index is 2.78. The third-order valence-electron chi connectivity index (χ3n) is 1.96. The van der Waals surface area contributed by atoms with Crippen LogP contribution in [-0.4, -0.2) is 38.7 Å². The molecule has 5 nitrogen and oxygen atoms in total. The maximum Gasteiger partial charge on any atom is 0.127 e. The number of nitrogens with zero attached hydrogens (tertiary/aromatic N) is 1. The molecule has 0 aliphatic heterocycles. The molecule has 16 heavy (non-hydrogen) atoms. The van der Waals surface area contributed by atoms with E-state index in [2.05, 4.69) is 10.5 Å². The van der Waals surface area contributed by atoms with Crippen molar-refractivity contribution in [2.24, 2.45) is 5.10 Å². The molecule has 0 radical (unpaired) electrons. The molecule has 0 saturated carbocycles. The SMILES string of the molecule is COc1ccc(OC)c(C=NNCCO)c1. The summed E-state index contributed by atoms with van der Waals surface area (Å²) in [5.74, 6) is 1.46. The fourth-order valence-corrected chi connectivity index (χ4v) is 1.17. The molecule has 0 saturated heterocycles. The fourth-order valence-electron chi connectivity index (χ4n) is 1.17. The molecule has 0 heterocycles. The molecule has 0 atom stereocenters. The Morgan fingerprint density at radius 3 is 2.81 bits per heavy atom. The molecule has 0 amide bonds. The molecule has 0 bridgehead atoms. The van der Waals surface area contributed by atoms with Crippen LogP contribution in [0.1, 0.15) is 5.56 Å². The Bertz CT molecular complexity index is 353. The molecule has 1 rings (SSSR count). The maximum atomic E-state index is 8.57. The van der Waals surface area contributed by atoms with E-state index >= 15 is 0 Å². The van der Waals surface area contributed by atoms with Crippen molar-refractivity contribution in [1.82, 2.24) is 5.43 Å². The summed E-state index contributed by atoms with van der Waals surface area (Å²) in [7, 11) is 3.20. The highest BCUT2D eigenvalue weighted by atomic mass is 16.5. The smallest absolute Gasteiger partial charge is 0.127 e. The number of methoxy groups -OCH3 is 2. The Labute approximate surface area is 94.7 Å². The van der Waals surface area contributed by atoms with Crippen LogP contribution in [0.2, 0.25) is 0 Å². The number of aliphatic hydroxyl groups excluding tert-OH is 1. The van der Waals surface area contributed by atoms with Gasteiger partial charge < -0.3 is 20.0 Å². The number of nitrogens with one attached hydrogen (secondary N) is 1. The van der Waals surface area contributed by atoms with Crippen molar-refractivity contribution in [2.45, 2.75) is 0 Å². The van der Waals surface area contributed by atoms with Gasteiger partial charge in [0.25, 0.3) is 0 Å². The van der Waals surface area contributed by atoms with Gasteiger partial charge in [0, 0.05) is 5.56 Å². The van der Waals surface area contributed by atoms with E-state index in [0.29, 0.717) is 6.54 Å². The monoisotopic (exact) mass is 224 g/mol. The van der Waals surface area contributed by atoms with Gasteiger partial charge in [-0.1, -0.05) is 0 Å². The average molecular weight is 224 g/mol. The summed E-state index contributed by atoms with van der Waals surface area (Å²) in [6.07, 6.45) is 1.62. The number of benzene rings is 1. The van der Waals surface area contributed by atoms with Gasteiger partial charge in [-0.2, -0.15) is 5.10 Å². The lowest BCUT2D eigenvalue weighted by molar-refractivity contribution is 0.294. The van der Waals surface area contributed by atoms with Crippen LogP contribution in [0, 0.1) is 0 Å². The summed E-state index contributed by atoms with van der Waals surface area (Å²) in [5, 5.41) is 12.5. The molecule has 0 unspecified atom stereocenters. The molecule has 0 aromatic heterocycles. The lowest BCUT2D eigenvalue weighted by Gasteiger charge is -2.06. The number of ether oxygens (including phenoxy) is 2. The predicted molar refractivity (Wildman–Crippen MR) is 62.2 cm³/mol. The van der Waals surface area contributed by atoms with Gasteiger partial charge in [0.05, 0.1) is 33.6 Å². The zero-order valence-electron chi connectivity index (χ0n) is 9.43. The van der Waals surface area contributed by atoms with E-state index in [4.69, 9.17) is 14.6 Å². The molecule has 88 valence electrons. The zero-order valence-corrected chi connectivity index (χ0v) is 9.43. The Kier molecular flexibility index (Phi) is 5.15. The average Bonchev–Trinajstić information content (AvgIpc) is 2.34. The molecular weight excluding hydrogens is 208 g/mol. The first-order chi connectivity index (χ1) is 7.81. The minimum absolute atomic E-state index is 0.0482. The van der Waals surface area contributed by atoms with Crippen LogP contribution in [0.15, 0.2) is 23.3 Å². The Morgan fingerprint density at radius 1 is 1.38 bits per heavy atom. The molecular formula is C11H16N2O3. The van der Waals surface area contributed by atoms with Crippen LogP contribution < -0.4 is 14.9 Å². The second kappa shape index (κ2) is 6.68. The van der Waals surface area contributed by atoms with Crippen molar-refractivity contribution >= 4 is 6.21 Å². The quantitative estimate of drug-likeness (QED) is 0.422. The largest absolute Gasteiger partial charge is 0.497 e. The predicted octanol–water partition coefficient (Wildman–Crippen LogP) is 0.620. The third kappa shape index (κ3) is 3.43.